The van der Waals surface area contributed by atoms with E-state index in [4.69, 9.17) is 10.8 Å². The van der Waals surface area contributed by atoms with Crippen LogP contribution >= 0.6 is 15.9 Å². The van der Waals surface area contributed by atoms with Crippen molar-refractivity contribution in [1.29, 1.82) is 0 Å². The van der Waals surface area contributed by atoms with Gasteiger partial charge in [-0.25, -0.2) is 4.68 Å². The summed E-state index contributed by atoms with van der Waals surface area (Å²) in [6, 6.07) is 7.28. The highest BCUT2D eigenvalue weighted by Crippen LogP contribution is 2.25. The van der Waals surface area contributed by atoms with Gasteiger partial charge in [0.25, 0.3) is 0 Å². The maximum absolute atomic E-state index is 10.5. The Bertz CT molecular complexity index is 569. The zero-order chi connectivity index (χ0) is 13.8. The first kappa shape index (κ1) is 13.8. The van der Waals surface area contributed by atoms with E-state index in [1.165, 1.54) is 0 Å². The zero-order valence-electron chi connectivity index (χ0n) is 10.2. The number of carboxylic acids is 1. The summed E-state index contributed by atoms with van der Waals surface area (Å²) in [5.41, 5.74) is 7.80. The summed E-state index contributed by atoms with van der Waals surface area (Å²) in [5.74, 6) is -0.831. The van der Waals surface area contributed by atoms with Crippen molar-refractivity contribution >= 4 is 21.9 Å². The molecule has 0 amide bonds. The Morgan fingerprint density at radius 1 is 1.53 bits per heavy atom. The van der Waals surface area contributed by atoms with Crippen LogP contribution in [0.1, 0.15) is 24.4 Å². The third kappa shape index (κ3) is 3.42. The van der Waals surface area contributed by atoms with Crippen molar-refractivity contribution in [2.24, 2.45) is 5.73 Å². The molecule has 0 radical (unpaired) electrons. The molecule has 0 spiro atoms. The van der Waals surface area contributed by atoms with E-state index >= 15 is 0 Å². The molecular weight excluding hydrogens is 310 g/mol. The third-order valence-corrected chi connectivity index (χ3v) is 3.46. The third-order valence-electron chi connectivity index (χ3n) is 2.82. The molecular formula is C13H14BrN3O2. The monoisotopic (exact) mass is 323 g/mol. The van der Waals surface area contributed by atoms with Crippen LogP contribution in [0.5, 0.6) is 0 Å². The van der Waals surface area contributed by atoms with Crippen molar-refractivity contribution in [3.63, 3.8) is 0 Å². The fourth-order valence-corrected chi connectivity index (χ4v) is 2.37. The van der Waals surface area contributed by atoms with Gasteiger partial charge in [-0.15, -0.1) is 0 Å². The van der Waals surface area contributed by atoms with E-state index in [9.17, 15) is 4.79 Å². The minimum atomic E-state index is -0.831. The van der Waals surface area contributed by atoms with Gasteiger partial charge in [0.05, 0.1) is 5.69 Å². The van der Waals surface area contributed by atoms with Crippen LogP contribution < -0.4 is 5.73 Å². The lowest BCUT2D eigenvalue weighted by atomic mass is 10.0. The first-order valence-electron chi connectivity index (χ1n) is 5.85. The van der Waals surface area contributed by atoms with E-state index in [0.29, 0.717) is 6.42 Å². The lowest BCUT2D eigenvalue weighted by molar-refractivity contribution is -0.137. The van der Waals surface area contributed by atoms with E-state index < -0.39 is 5.97 Å². The Labute approximate surface area is 119 Å². The smallest absolute Gasteiger partial charge is 0.303 e. The highest BCUT2D eigenvalue weighted by Gasteiger charge is 2.11. The van der Waals surface area contributed by atoms with Crippen LogP contribution in [0.2, 0.25) is 0 Å². The molecule has 0 fully saturated rings. The number of halogens is 1. The van der Waals surface area contributed by atoms with Crippen LogP contribution in [0.15, 0.2) is 41.1 Å². The number of carbonyl (C=O) groups is 1. The molecule has 0 aliphatic heterocycles. The first-order chi connectivity index (χ1) is 9.08. The number of carboxylic acid groups (broad SMARTS) is 1. The number of aliphatic carboxylic acids is 1. The average Bonchev–Trinajstić information content (AvgIpc) is 2.89. The Balaban J connectivity index is 2.17. The highest BCUT2D eigenvalue weighted by molar-refractivity contribution is 9.10. The SMILES string of the molecule is NC(CCC(=O)O)c1ccc(-n2cccn2)c(Br)c1. The molecule has 2 aromatic rings. The summed E-state index contributed by atoms with van der Waals surface area (Å²) in [6.07, 6.45) is 4.05. The predicted octanol–water partition coefficient (Wildman–Crippen LogP) is 2.50. The summed E-state index contributed by atoms with van der Waals surface area (Å²) < 4.78 is 2.62. The standard InChI is InChI=1S/C13H14BrN3O2/c14-10-8-9(11(15)3-5-13(18)19)2-4-12(10)17-7-1-6-16-17/h1-2,4,6-8,11H,3,5,15H2,(H,18,19). The lowest BCUT2D eigenvalue weighted by Crippen LogP contribution is -2.12. The van der Waals surface area contributed by atoms with Gasteiger partial charge in [-0.05, 0) is 46.1 Å². The van der Waals surface area contributed by atoms with E-state index in [0.717, 1.165) is 15.7 Å². The quantitative estimate of drug-likeness (QED) is 0.885. The topological polar surface area (TPSA) is 81.1 Å². The molecule has 0 saturated carbocycles. The van der Waals surface area contributed by atoms with E-state index in [1.807, 2.05) is 30.5 Å². The molecule has 3 N–H and O–H groups in total. The fourth-order valence-electron chi connectivity index (χ4n) is 1.80. The Morgan fingerprint density at radius 2 is 2.32 bits per heavy atom. The van der Waals surface area contributed by atoms with Gasteiger partial charge in [-0.3, -0.25) is 4.79 Å². The Hall–Kier alpha value is -1.66. The van der Waals surface area contributed by atoms with E-state index in [-0.39, 0.29) is 12.5 Å². The van der Waals surface area contributed by atoms with E-state index in [2.05, 4.69) is 21.0 Å². The summed E-state index contributed by atoms with van der Waals surface area (Å²) in [5, 5.41) is 12.8. The normalized spacial score (nSPS) is 12.3. The fraction of sp³-hybridized carbons (Fsp3) is 0.231. The van der Waals surface area contributed by atoms with Crippen LogP contribution in [-0.2, 0) is 4.79 Å². The molecule has 6 heteroatoms. The molecule has 100 valence electrons. The van der Waals surface area contributed by atoms with Gasteiger partial charge >= 0.3 is 5.97 Å². The summed E-state index contributed by atoms with van der Waals surface area (Å²) >= 11 is 3.48. The molecule has 19 heavy (non-hydrogen) atoms. The number of hydrogen-bond acceptors (Lipinski definition) is 3. The summed E-state index contributed by atoms with van der Waals surface area (Å²) in [7, 11) is 0. The number of aromatic nitrogens is 2. The van der Waals surface area contributed by atoms with Crippen molar-refractivity contribution in [2.45, 2.75) is 18.9 Å². The molecule has 0 aliphatic rings. The molecule has 1 aromatic heterocycles. The van der Waals surface area contributed by atoms with Crippen LogP contribution in [0, 0.1) is 0 Å². The number of nitrogens with zero attached hydrogens (tertiary/aromatic N) is 2. The van der Waals surface area contributed by atoms with Gasteiger partial charge < -0.3 is 10.8 Å². The van der Waals surface area contributed by atoms with Crippen LogP contribution in [0.4, 0.5) is 0 Å². The molecule has 0 saturated heterocycles. The number of hydrogen-bond donors (Lipinski definition) is 2. The van der Waals surface area contributed by atoms with Crippen LogP contribution in [-0.4, -0.2) is 20.9 Å². The van der Waals surface area contributed by atoms with Gasteiger partial charge in [0.15, 0.2) is 0 Å². The highest BCUT2D eigenvalue weighted by atomic mass is 79.9. The molecule has 1 heterocycles. The predicted molar refractivity (Wildman–Crippen MR) is 75.1 cm³/mol. The number of benzene rings is 1. The second-order valence-electron chi connectivity index (χ2n) is 4.20. The van der Waals surface area contributed by atoms with Gasteiger partial charge in [-0.1, -0.05) is 6.07 Å². The second kappa shape index (κ2) is 5.99. The zero-order valence-corrected chi connectivity index (χ0v) is 11.7. The number of rotatable bonds is 5. The molecule has 0 aliphatic carbocycles. The van der Waals surface area contributed by atoms with Crippen molar-refractivity contribution in [3.8, 4) is 5.69 Å². The molecule has 1 atom stereocenters. The molecule has 1 unspecified atom stereocenters. The largest absolute Gasteiger partial charge is 0.481 e. The van der Waals surface area contributed by atoms with Gasteiger partial charge in [0.2, 0.25) is 0 Å². The summed E-state index contributed by atoms with van der Waals surface area (Å²) in [4.78, 5) is 10.5. The average molecular weight is 324 g/mol. The Kier molecular flexibility index (Phi) is 4.34. The summed E-state index contributed by atoms with van der Waals surface area (Å²) in [6.45, 7) is 0. The Morgan fingerprint density at radius 3 is 2.89 bits per heavy atom. The minimum Gasteiger partial charge on any atom is -0.481 e. The van der Waals surface area contributed by atoms with E-state index in [1.54, 1.807) is 10.9 Å². The van der Waals surface area contributed by atoms with Crippen LogP contribution in [0.3, 0.4) is 0 Å². The molecule has 2 rings (SSSR count). The van der Waals surface area contributed by atoms with Crippen LogP contribution in [0.25, 0.3) is 5.69 Å². The second-order valence-corrected chi connectivity index (χ2v) is 5.05. The number of nitrogens with two attached hydrogens (primary N) is 1. The molecule has 1 aromatic carbocycles. The molecule has 0 bridgehead atoms. The van der Waals surface area contributed by atoms with Crippen molar-refractivity contribution in [2.75, 3.05) is 0 Å². The van der Waals surface area contributed by atoms with Crippen molar-refractivity contribution in [1.82, 2.24) is 9.78 Å². The lowest BCUT2D eigenvalue weighted by Gasteiger charge is -2.13. The maximum atomic E-state index is 10.5. The van der Waals surface area contributed by atoms with Gasteiger partial charge in [0, 0.05) is 29.3 Å². The molecule has 5 nitrogen and oxygen atoms in total. The first-order valence-corrected chi connectivity index (χ1v) is 6.64. The minimum absolute atomic E-state index is 0.0691. The van der Waals surface area contributed by atoms with Gasteiger partial charge in [-0.2, -0.15) is 5.10 Å². The maximum Gasteiger partial charge on any atom is 0.303 e. The van der Waals surface area contributed by atoms with Crippen molar-refractivity contribution in [3.05, 3.63) is 46.7 Å². The van der Waals surface area contributed by atoms with Crippen molar-refractivity contribution < 1.29 is 9.90 Å². The van der Waals surface area contributed by atoms with Gasteiger partial charge in [0.1, 0.15) is 0 Å².